The summed E-state index contributed by atoms with van der Waals surface area (Å²) in [5, 5.41) is 5.10. The molecule has 0 saturated carbocycles. The van der Waals surface area contributed by atoms with Crippen molar-refractivity contribution in [2.24, 2.45) is 0 Å². The second-order valence-corrected chi connectivity index (χ2v) is 31.1. The van der Waals surface area contributed by atoms with Crippen LogP contribution in [0.4, 0.5) is 0 Å². The first-order valence-corrected chi connectivity index (χ1v) is 34.0. The maximum atomic E-state index is 7.20. The van der Waals surface area contributed by atoms with Crippen molar-refractivity contribution in [3.8, 4) is 59.2 Å². The molecule has 0 saturated heterocycles. The molecule has 2 atom stereocenters. The third-order valence-electron chi connectivity index (χ3n) is 14.4. The van der Waals surface area contributed by atoms with E-state index in [1.165, 1.54) is 31.9 Å². The van der Waals surface area contributed by atoms with Gasteiger partial charge >= 0.3 is 0 Å². The van der Waals surface area contributed by atoms with Gasteiger partial charge in [0.25, 0.3) is 16.6 Å². The summed E-state index contributed by atoms with van der Waals surface area (Å²) in [6.07, 6.45) is 3.46. The number of rotatable bonds is 14. The van der Waals surface area contributed by atoms with Gasteiger partial charge in [-0.2, -0.15) is 0 Å². The van der Waals surface area contributed by atoms with Crippen LogP contribution in [0.1, 0.15) is 117 Å². The highest BCUT2D eigenvalue weighted by molar-refractivity contribution is 7.00. The Morgan fingerprint density at radius 3 is 0.736 bits per heavy atom. The van der Waals surface area contributed by atoms with Crippen molar-refractivity contribution in [1.82, 2.24) is 0 Å². The van der Waals surface area contributed by atoms with Gasteiger partial charge < -0.3 is 8.85 Å². The normalized spacial score (nSPS) is 11.1. The lowest BCUT2D eigenvalue weighted by molar-refractivity contribution is 0.231. The number of hydrogen-bond acceptors (Lipinski definition) is 2. The van der Waals surface area contributed by atoms with Crippen molar-refractivity contribution in [2.45, 2.75) is 124 Å². The third-order valence-corrected chi connectivity index (χ3v) is 24.4. The third kappa shape index (κ3) is 22.2. The molecule has 0 spiro atoms. The molecule has 9 aromatic carbocycles. The number of hydrogen-bond donors (Lipinski definition) is 0. The standard InChI is InChI=1S/2C28H32OSi.C14H10.C9H8.C4H6/c2*1-5-15-25(23-22-24-16-9-6-10-17-24)29-30(28(2,3)4,26-18-11-7-12-19-26)27-20-13-8-14-21-27;1-3-7-13(8-4-1)11-12-14-9-5-2-6-10-14;1-2-6-9-7-4-3-5-8-9;1-3-4-2/h2*6-14,16-21,25H,22-23H2,1-4H3;1-10H;3-5,7-8H,1H3;1-2H3. The minimum Gasteiger partial charge on any atom is -0.394 e. The van der Waals surface area contributed by atoms with Crippen LogP contribution in [0, 0.1) is 59.2 Å². The fourth-order valence-corrected chi connectivity index (χ4v) is 19.4. The van der Waals surface area contributed by atoms with Gasteiger partial charge in [0.05, 0.1) is 0 Å². The summed E-state index contributed by atoms with van der Waals surface area (Å²) >= 11 is 0. The maximum absolute atomic E-state index is 7.20. The Balaban J connectivity index is 0.000000224. The van der Waals surface area contributed by atoms with Crippen LogP contribution in [0.2, 0.25) is 10.1 Å². The smallest absolute Gasteiger partial charge is 0.262 e. The highest BCUT2D eigenvalue weighted by Crippen LogP contribution is 2.39. The van der Waals surface area contributed by atoms with Crippen LogP contribution in [0.5, 0.6) is 0 Å². The van der Waals surface area contributed by atoms with E-state index in [0.717, 1.165) is 42.4 Å². The predicted octanol–water partition coefficient (Wildman–Crippen LogP) is 17.3. The van der Waals surface area contributed by atoms with Gasteiger partial charge in [-0.15, -0.1) is 29.6 Å². The molecule has 0 amide bonds. The van der Waals surface area contributed by atoms with Gasteiger partial charge in [-0.25, -0.2) is 0 Å². The quantitative estimate of drug-likeness (QED) is 0.0798. The molecular weight excluding hydrogens is 1090 g/mol. The molecule has 440 valence electrons. The molecule has 0 radical (unpaired) electrons. The van der Waals surface area contributed by atoms with Crippen molar-refractivity contribution < 1.29 is 8.85 Å². The number of benzene rings is 9. The summed E-state index contributed by atoms with van der Waals surface area (Å²) in [7, 11) is -5.18. The van der Waals surface area contributed by atoms with E-state index in [9.17, 15) is 0 Å². The molecule has 0 aliphatic rings. The first-order chi connectivity index (χ1) is 42.2. The average Bonchev–Trinajstić information content (AvgIpc) is 1.12. The maximum Gasteiger partial charge on any atom is 0.262 e. The van der Waals surface area contributed by atoms with E-state index >= 15 is 0 Å². The zero-order valence-corrected chi connectivity index (χ0v) is 55.3. The molecule has 0 heterocycles. The van der Waals surface area contributed by atoms with Gasteiger partial charge in [-0.3, -0.25) is 0 Å². The van der Waals surface area contributed by atoms with E-state index in [-0.39, 0.29) is 22.3 Å². The molecule has 0 N–H and O–H groups in total. The highest BCUT2D eigenvalue weighted by Gasteiger charge is 2.52. The van der Waals surface area contributed by atoms with E-state index in [1.54, 1.807) is 0 Å². The van der Waals surface area contributed by atoms with Gasteiger partial charge in [0.15, 0.2) is 0 Å². The summed E-state index contributed by atoms with van der Waals surface area (Å²) in [4.78, 5) is 0. The molecule has 2 unspecified atom stereocenters. The summed E-state index contributed by atoms with van der Waals surface area (Å²) < 4.78 is 14.4. The van der Waals surface area contributed by atoms with Crippen molar-refractivity contribution in [2.75, 3.05) is 0 Å². The average molecular weight is 1170 g/mol. The molecule has 87 heavy (non-hydrogen) atoms. The summed E-state index contributed by atoms with van der Waals surface area (Å²) in [5.41, 5.74) is 5.84. The molecule has 4 heteroatoms. The van der Waals surface area contributed by atoms with E-state index in [2.05, 4.69) is 283 Å². The zero-order chi connectivity index (χ0) is 62.5. The monoisotopic (exact) mass is 1170 g/mol. The van der Waals surface area contributed by atoms with Crippen molar-refractivity contribution in [1.29, 1.82) is 0 Å². The second kappa shape index (κ2) is 37.5. The van der Waals surface area contributed by atoms with Gasteiger partial charge in [0, 0.05) is 16.7 Å². The van der Waals surface area contributed by atoms with Crippen LogP contribution in [0.25, 0.3) is 0 Å². The minimum absolute atomic E-state index is 0.0455. The summed E-state index contributed by atoms with van der Waals surface area (Å²) in [6.45, 7) is 23.2. The van der Waals surface area contributed by atoms with Crippen molar-refractivity contribution >= 4 is 37.4 Å². The Kier molecular flexibility index (Phi) is 29.7. The Bertz CT molecular complexity index is 3360. The van der Waals surface area contributed by atoms with Crippen molar-refractivity contribution in [3.63, 3.8) is 0 Å². The lowest BCUT2D eigenvalue weighted by Crippen LogP contribution is -2.67. The van der Waals surface area contributed by atoms with Crippen LogP contribution in [0.3, 0.4) is 0 Å². The first kappa shape index (κ1) is 68.9. The molecule has 0 fully saturated rings. The fourth-order valence-electron chi connectivity index (χ4n) is 10.2. The van der Waals surface area contributed by atoms with Gasteiger partial charge in [-0.1, -0.05) is 308 Å². The zero-order valence-electron chi connectivity index (χ0n) is 53.3. The second-order valence-electron chi connectivity index (χ2n) is 22.6. The van der Waals surface area contributed by atoms with E-state index in [4.69, 9.17) is 8.85 Å². The molecule has 0 aliphatic carbocycles. The van der Waals surface area contributed by atoms with Crippen LogP contribution < -0.4 is 20.7 Å². The lowest BCUT2D eigenvalue weighted by atomic mass is 10.1. The largest absolute Gasteiger partial charge is 0.394 e. The van der Waals surface area contributed by atoms with Crippen molar-refractivity contribution in [3.05, 3.63) is 301 Å². The van der Waals surface area contributed by atoms with Crippen LogP contribution in [-0.2, 0) is 21.7 Å². The molecule has 0 aliphatic heterocycles. The highest BCUT2D eigenvalue weighted by atomic mass is 28.4. The Hall–Kier alpha value is -8.87. The molecular formula is C83H88O2Si2. The van der Waals surface area contributed by atoms with Gasteiger partial charge in [-0.05, 0) is 139 Å². The molecule has 0 aromatic heterocycles. The van der Waals surface area contributed by atoms with Crippen LogP contribution in [0.15, 0.2) is 273 Å². The minimum atomic E-state index is -2.59. The lowest BCUT2D eigenvalue weighted by Gasteiger charge is -2.44. The number of aryl methyl sites for hydroxylation is 2. The predicted molar refractivity (Wildman–Crippen MR) is 378 cm³/mol. The van der Waals surface area contributed by atoms with Crippen LogP contribution >= 0.6 is 0 Å². The molecule has 9 rings (SSSR count). The van der Waals surface area contributed by atoms with E-state index in [1.807, 2.05) is 126 Å². The fraction of sp³-hybridized carbons (Fsp3) is 0.229. The van der Waals surface area contributed by atoms with E-state index < -0.39 is 16.6 Å². The van der Waals surface area contributed by atoms with Gasteiger partial charge in [0.2, 0.25) is 0 Å². The van der Waals surface area contributed by atoms with Crippen LogP contribution in [-0.4, -0.2) is 28.8 Å². The van der Waals surface area contributed by atoms with Gasteiger partial charge in [0.1, 0.15) is 12.2 Å². The SMILES string of the molecule is C(#Cc1ccccc1)c1ccccc1.CC#CC.CC#CC(CCc1ccccc1)O[Si](c1ccccc1)(c1ccccc1)C(C)(C)C.CC#CC(CCc1ccccc1)O[Si](c1ccccc1)(c1ccccc1)C(C)(C)C.CC#Cc1ccccc1. The van der Waals surface area contributed by atoms with E-state index in [0.29, 0.717) is 0 Å². The molecule has 2 nitrogen and oxygen atoms in total. The first-order valence-electron chi connectivity index (χ1n) is 30.2. The molecule has 9 aromatic rings. The Morgan fingerprint density at radius 1 is 0.287 bits per heavy atom. The Morgan fingerprint density at radius 2 is 0.517 bits per heavy atom. The Labute approximate surface area is 527 Å². The topological polar surface area (TPSA) is 18.5 Å². The summed E-state index contributed by atoms with van der Waals surface area (Å²) in [6, 6.07) is 94.4. The summed E-state index contributed by atoms with van der Waals surface area (Å²) in [5.74, 6) is 30.4. The molecule has 0 bridgehead atoms.